The lowest BCUT2D eigenvalue weighted by molar-refractivity contribution is -0.286. The number of Topliss-reactive ketones (excluding diaryl/α,β-unsaturated/α-hetero) is 1. The molecule has 0 atom stereocenters. The molecule has 2 heterocycles. The second kappa shape index (κ2) is 7.79. The first kappa shape index (κ1) is 21.8. The van der Waals surface area contributed by atoms with Crippen molar-refractivity contribution in [2.24, 2.45) is 0 Å². The summed E-state index contributed by atoms with van der Waals surface area (Å²) in [6.45, 7) is 0. The molecule has 9 heteroatoms. The number of pyridine rings is 1. The smallest absolute Gasteiger partial charge is 0.497 e. The Balaban J connectivity index is 1.39. The maximum atomic E-state index is 13.4. The minimum Gasteiger partial charge on any atom is -0.497 e. The molecule has 3 aromatic rings. The second-order valence-corrected chi connectivity index (χ2v) is 8.28. The molecule has 0 amide bonds. The fourth-order valence-corrected chi connectivity index (χ4v) is 4.16. The molecule has 0 radical (unpaired) electrons. The fraction of sp³-hybridized carbons (Fsp3) is 0.240. The number of benzene rings is 2. The third-order valence-corrected chi connectivity index (χ3v) is 6.07. The Hall–Kier alpha value is -4.01. The summed E-state index contributed by atoms with van der Waals surface area (Å²) in [5.74, 6) is -0.953. The van der Waals surface area contributed by atoms with Crippen molar-refractivity contribution in [2.45, 2.75) is 31.0 Å². The summed E-state index contributed by atoms with van der Waals surface area (Å²) >= 11 is 0. The first-order valence-corrected chi connectivity index (χ1v) is 10.5. The van der Waals surface area contributed by atoms with Gasteiger partial charge >= 0.3 is 12.3 Å². The van der Waals surface area contributed by atoms with Gasteiger partial charge in [0.15, 0.2) is 11.5 Å². The van der Waals surface area contributed by atoms with Gasteiger partial charge in [0.2, 0.25) is 0 Å². The summed E-state index contributed by atoms with van der Waals surface area (Å²) in [7, 11) is 1.44. The van der Waals surface area contributed by atoms with Crippen molar-refractivity contribution in [3.63, 3.8) is 0 Å². The lowest BCUT2D eigenvalue weighted by Gasteiger charge is -2.15. The fourth-order valence-electron chi connectivity index (χ4n) is 4.16. The van der Waals surface area contributed by atoms with Gasteiger partial charge in [-0.3, -0.25) is 9.78 Å². The van der Waals surface area contributed by atoms with Crippen molar-refractivity contribution < 1.29 is 37.7 Å². The summed E-state index contributed by atoms with van der Waals surface area (Å²) < 4.78 is 40.9. The van der Waals surface area contributed by atoms with Crippen molar-refractivity contribution in [3.05, 3.63) is 71.4 Å². The number of carbonyl (C=O) groups is 2. The van der Waals surface area contributed by atoms with E-state index < -0.39 is 17.7 Å². The van der Waals surface area contributed by atoms with E-state index in [-0.39, 0.29) is 29.3 Å². The Labute approximate surface area is 192 Å². The lowest BCUT2D eigenvalue weighted by Crippen LogP contribution is -2.26. The van der Waals surface area contributed by atoms with Crippen molar-refractivity contribution >= 4 is 11.8 Å². The first-order valence-electron chi connectivity index (χ1n) is 10.5. The van der Waals surface area contributed by atoms with E-state index >= 15 is 0 Å². The third-order valence-electron chi connectivity index (χ3n) is 6.07. The van der Waals surface area contributed by atoms with E-state index in [2.05, 4.69) is 14.5 Å². The van der Waals surface area contributed by atoms with E-state index in [0.717, 1.165) is 0 Å². The van der Waals surface area contributed by atoms with Crippen LogP contribution in [0.3, 0.4) is 0 Å². The van der Waals surface area contributed by atoms with Crippen LogP contribution >= 0.6 is 0 Å². The number of fused-ring (bicyclic) bond motifs is 1. The molecule has 0 bridgehead atoms. The van der Waals surface area contributed by atoms with E-state index in [4.69, 9.17) is 4.74 Å². The highest BCUT2D eigenvalue weighted by Gasteiger charge is 2.52. The number of hydrogen-bond donors (Lipinski definition) is 1. The largest absolute Gasteiger partial charge is 0.586 e. The van der Waals surface area contributed by atoms with Crippen LogP contribution in [-0.4, -0.2) is 35.2 Å². The SMILES string of the molecule is COc1cc(C(=O)O)cc(-c2cccc(CC(=O)C3(c4ccc5c(c4)OC(F)(F)O5)CC3)n2)c1. The van der Waals surface area contributed by atoms with Gasteiger partial charge in [-0.15, -0.1) is 8.78 Å². The van der Waals surface area contributed by atoms with Gasteiger partial charge in [0, 0.05) is 17.7 Å². The lowest BCUT2D eigenvalue weighted by atomic mass is 9.88. The van der Waals surface area contributed by atoms with Crippen molar-refractivity contribution in [1.29, 1.82) is 0 Å². The van der Waals surface area contributed by atoms with Gasteiger partial charge in [0.05, 0.1) is 23.8 Å². The number of nitrogens with zero attached hydrogens (tertiary/aromatic N) is 1. The molecule has 1 saturated carbocycles. The first-order chi connectivity index (χ1) is 16.2. The predicted octanol–water partition coefficient (Wildman–Crippen LogP) is 4.62. The molecule has 1 aliphatic heterocycles. The van der Waals surface area contributed by atoms with E-state index in [9.17, 15) is 23.5 Å². The molecule has 1 aromatic heterocycles. The molecule has 5 rings (SSSR count). The zero-order chi connectivity index (χ0) is 24.1. The van der Waals surface area contributed by atoms with Crippen LogP contribution in [0.5, 0.6) is 17.2 Å². The number of carboxylic acids is 1. The summed E-state index contributed by atoms with van der Waals surface area (Å²) in [5, 5.41) is 9.36. The van der Waals surface area contributed by atoms with Crippen molar-refractivity contribution in [3.8, 4) is 28.5 Å². The molecule has 174 valence electrons. The molecular weight excluding hydrogens is 448 g/mol. The molecule has 1 aliphatic carbocycles. The van der Waals surface area contributed by atoms with Gasteiger partial charge in [-0.25, -0.2) is 4.79 Å². The summed E-state index contributed by atoms with van der Waals surface area (Å²) in [6, 6.07) is 14.2. The maximum absolute atomic E-state index is 13.4. The van der Waals surface area contributed by atoms with Crippen LogP contribution in [0.1, 0.15) is 34.5 Å². The Morgan fingerprint density at radius 3 is 2.53 bits per heavy atom. The highest BCUT2D eigenvalue weighted by molar-refractivity contribution is 5.94. The minimum absolute atomic E-state index is 0.0359. The molecule has 1 N–H and O–H groups in total. The predicted molar refractivity (Wildman–Crippen MR) is 115 cm³/mol. The average Bonchev–Trinajstić information content (AvgIpc) is 3.56. The molecule has 0 spiro atoms. The molecule has 2 aliphatic rings. The van der Waals surface area contributed by atoms with Crippen LogP contribution in [0, 0.1) is 0 Å². The minimum atomic E-state index is -3.72. The van der Waals surface area contributed by atoms with E-state index in [1.54, 1.807) is 30.3 Å². The van der Waals surface area contributed by atoms with Crippen LogP contribution in [0.4, 0.5) is 8.78 Å². The quantitative estimate of drug-likeness (QED) is 0.542. The highest BCUT2D eigenvalue weighted by Crippen LogP contribution is 2.52. The van der Waals surface area contributed by atoms with Gasteiger partial charge in [-0.1, -0.05) is 12.1 Å². The van der Waals surface area contributed by atoms with Crippen molar-refractivity contribution in [2.75, 3.05) is 7.11 Å². The summed E-state index contributed by atoms with van der Waals surface area (Å²) in [5.41, 5.74) is 1.45. The number of rotatable bonds is 7. The Morgan fingerprint density at radius 2 is 1.82 bits per heavy atom. The monoisotopic (exact) mass is 467 g/mol. The third kappa shape index (κ3) is 3.93. The number of ketones is 1. The number of hydrogen-bond acceptors (Lipinski definition) is 6. The number of aromatic carboxylic acids is 1. The molecular formula is C25H19F2NO6. The van der Waals surface area contributed by atoms with Crippen LogP contribution in [0.15, 0.2) is 54.6 Å². The number of methoxy groups -OCH3 is 1. The summed E-state index contributed by atoms with van der Waals surface area (Å²) in [6.07, 6.45) is -2.49. The van der Waals surface area contributed by atoms with Crippen LogP contribution < -0.4 is 14.2 Å². The molecule has 7 nitrogen and oxygen atoms in total. The van der Waals surface area contributed by atoms with Crippen LogP contribution in [-0.2, 0) is 16.6 Å². The van der Waals surface area contributed by atoms with Crippen LogP contribution in [0.2, 0.25) is 0 Å². The van der Waals surface area contributed by atoms with E-state index in [1.165, 1.54) is 31.4 Å². The summed E-state index contributed by atoms with van der Waals surface area (Å²) in [4.78, 5) is 29.3. The second-order valence-electron chi connectivity index (χ2n) is 8.28. The molecule has 1 fully saturated rings. The topological polar surface area (TPSA) is 95.0 Å². The molecule has 2 aromatic carbocycles. The number of ether oxygens (including phenoxy) is 3. The number of alkyl halides is 2. The zero-order valence-corrected chi connectivity index (χ0v) is 18.0. The standard InChI is InChI=1S/C25H19F2NO6/c1-32-18-10-14(9-15(11-18)23(30)31)19-4-2-3-17(28-19)13-22(29)24(7-8-24)16-5-6-20-21(12-16)34-25(26,27)33-20/h2-6,9-12H,7-8,13H2,1H3,(H,30,31). The van der Waals surface area contributed by atoms with Gasteiger partial charge in [-0.2, -0.15) is 0 Å². The van der Waals surface area contributed by atoms with Gasteiger partial charge in [0.25, 0.3) is 0 Å². The maximum Gasteiger partial charge on any atom is 0.586 e. The Morgan fingerprint density at radius 1 is 1.06 bits per heavy atom. The Bertz CT molecular complexity index is 1320. The van der Waals surface area contributed by atoms with E-state index in [0.29, 0.717) is 41.1 Å². The molecule has 34 heavy (non-hydrogen) atoms. The number of carbonyl (C=O) groups excluding carboxylic acids is 1. The van der Waals surface area contributed by atoms with Gasteiger partial charge in [0.1, 0.15) is 11.5 Å². The van der Waals surface area contributed by atoms with Gasteiger partial charge < -0.3 is 19.3 Å². The Kier molecular flexibility index (Phi) is 5.00. The van der Waals surface area contributed by atoms with Crippen LogP contribution in [0.25, 0.3) is 11.3 Å². The number of halogens is 2. The van der Waals surface area contributed by atoms with E-state index in [1.807, 2.05) is 0 Å². The highest BCUT2D eigenvalue weighted by atomic mass is 19.3. The van der Waals surface area contributed by atoms with Crippen molar-refractivity contribution in [1.82, 2.24) is 4.98 Å². The number of carboxylic acid groups (broad SMARTS) is 1. The normalized spacial score (nSPS) is 16.7. The number of aromatic nitrogens is 1. The molecule has 0 saturated heterocycles. The molecule has 0 unspecified atom stereocenters. The average molecular weight is 467 g/mol. The zero-order valence-electron chi connectivity index (χ0n) is 18.0. The van der Waals surface area contributed by atoms with Gasteiger partial charge in [-0.05, 0) is 60.9 Å².